The molecule has 6 nitrogen and oxygen atoms in total. The number of methoxy groups -OCH3 is 1. The highest BCUT2D eigenvalue weighted by molar-refractivity contribution is 6.06. The Bertz CT molecular complexity index is 808. The van der Waals surface area contributed by atoms with Crippen molar-refractivity contribution in [1.82, 2.24) is 5.32 Å². The maximum atomic E-state index is 12.2. The number of amides is 1. The van der Waals surface area contributed by atoms with Crippen molar-refractivity contribution in [2.45, 2.75) is 13.5 Å². The van der Waals surface area contributed by atoms with E-state index in [0.717, 1.165) is 17.1 Å². The molecule has 2 aromatic rings. The minimum absolute atomic E-state index is 0.0122. The summed E-state index contributed by atoms with van der Waals surface area (Å²) in [7, 11) is 1.60. The number of ether oxygens (including phenoxy) is 2. The number of nitrogens with zero attached hydrogens (tertiary/aromatic N) is 1. The fourth-order valence-electron chi connectivity index (χ4n) is 2.20. The summed E-state index contributed by atoms with van der Waals surface area (Å²) in [5.74, 6) is 0.998. The summed E-state index contributed by atoms with van der Waals surface area (Å²) in [6.45, 7) is 2.95. The lowest BCUT2D eigenvalue weighted by Gasteiger charge is -2.07. The van der Waals surface area contributed by atoms with E-state index in [1.165, 1.54) is 6.20 Å². The minimum Gasteiger partial charge on any atom is -0.497 e. The molecule has 0 fully saturated rings. The van der Waals surface area contributed by atoms with Crippen LogP contribution < -0.4 is 20.1 Å². The van der Waals surface area contributed by atoms with E-state index in [2.05, 4.69) is 10.6 Å². The molecule has 6 heteroatoms. The zero-order valence-electron chi connectivity index (χ0n) is 14.8. The van der Waals surface area contributed by atoms with Crippen molar-refractivity contribution in [3.8, 4) is 17.6 Å². The largest absolute Gasteiger partial charge is 0.497 e. The van der Waals surface area contributed by atoms with E-state index in [1.54, 1.807) is 31.4 Å². The minimum atomic E-state index is -0.477. The van der Waals surface area contributed by atoms with Gasteiger partial charge >= 0.3 is 0 Å². The van der Waals surface area contributed by atoms with E-state index in [9.17, 15) is 10.1 Å². The Balaban J connectivity index is 1.94. The second-order valence-electron chi connectivity index (χ2n) is 5.31. The zero-order valence-corrected chi connectivity index (χ0v) is 14.8. The van der Waals surface area contributed by atoms with E-state index in [1.807, 2.05) is 37.3 Å². The molecule has 0 atom stereocenters. The van der Waals surface area contributed by atoms with Crippen molar-refractivity contribution in [3.05, 3.63) is 65.9 Å². The van der Waals surface area contributed by atoms with Gasteiger partial charge in [0, 0.05) is 18.4 Å². The third-order valence-electron chi connectivity index (χ3n) is 3.48. The topological polar surface area (TPSA) is 83.4 Å². The number of anilines is 1. The standard InChI is InChI=1S/C20H21N3O3/c1-3-26-18-9-7-17(8-10-18)23-20(24)16(12-21)14-22-13-15-5-4-6-19(11-15)25-2/h4-11,14,22H,3,13H2,1-2H3,(H,23,24)/b16-14-. The Morgan fingerprint density at radius 2 is 1.96 bits per heavy atom. The van der Waals surface area contributed by atoms with Crippen LogP contribution in [0.3, 0.4) is 0 Å². The fourth-order valence-corrected chi connectivity index (χ4v) is 2.20. The third kappa shape index (κ3) is 5.56. The monoisotopic (exact) mass is 351 g/mol. The van der Waals surface area contributed by atoms with Crippen LogP contribution in [0.2, 0.25) is 0 Å². The molecule has 0 spiro atoms. The molecule has 0 bridgehead atoms. The van der Waals surface area contributed by atoms with Crippen LogP contribution in [-0.4, -0.2) is 19.6 Å². The van der Waals surface area contributed by atoms with E-state index in [0.29, 0.717) is 18.8 Å². The number of hydrogen-bond donors (Lipinski definition) is 2. The molecule has 1 amide bonds. The molecule has 0 aliphatic heterocycles. The van der Waals surface area contributed by atoms with Gasteiger partial charge in [-0.1, -0.05) is 12.1 Å². The molecule has 0 aliphatic carbocycles. The SMILES string of the molecule is CCOc1ccc(NC(=O)/C(C#N)=C\NCc2cccc(OC)c2)cc1. The van der Waals surface area contributed by atoms with Crippen molar-refractivity contribution >= 4 is 11.6 Å². The van der Waals surface area contributed by atoms with E-state index in [-0.39, 0.29) is 5.57 Å². The smallest absolute Gasteiger partial charge is 0.267 e. The first-order valence-corrected chi connectivity index (χ1v) is 8.17. The summed E-state index contributed by atoms with van der Waals surface area (Å²) < 4.78 is 10.5. The van der Waals surface area contributed by atoms with Crippen LogP contribution in [0.4, 0.5) is 5.69 Å². The number of nitrogens with one attached hydrogen (secondary N) is 2. The molecular weight excluding hydrogens is 330 g/mol. The second kappa shape index (κ2) is 9.74. The van der Waals surface area contributed by atoms with Gasteiger partial charge in [0.05, 0.1) is 13.7 Å². The maximum Gasteiger partial charge on any atom is 0.267 e. The third-order valence-corrected chi connectivity index (χ3v) is 3.48. The molecule has 0 saturated heterocycles. The van der Waals surface area contributed by atoms with Gasteiger partial charge in [-0.3, -0.25) is 4.79 Å². The normalized spacial score (nSPS) is 10.6. The average molecular weight is 351 g/mol. The molecule has 26 heavy (non-hydrogen) atoms. The van der Waals surface area contributed by atoms with Crippen molar-refractivity contribution in [2.75, 3.05) is 19.0 Å². The molecule has 134 valence electrons. The van der Waals surface area contributed by atoms with Crippen LogP contribution in [0.5, 0.6) is 11.5 Å². The molecule has 0 aliphatic rings. The molecule has 0 radical (unpaired) electrons. The lowest BCUT2D eigenvalue weighted by molar-refractivity contribution is -0.112. The summed E-state index contributed by atoms with van der Waals surface area (Å²) in [6, 6.07) is 16.4. The first-order chi connectivity index (χ1) is 12.7. The highest BCUT2D eigenvalue weighted by Crippen LogP contribution is 2.16. The van der Waals surface area contributed by atoms with Gasteiger partial charge in [0.2, 0.25) is 0 Å². The van der Waals surface area contributed by atoms with E-state index in [4.69, 9.17) is 9.47 Å². The highest BCUT2D eigenvalue weighted by atomic mass is 16.5. The zero-order chi connectivity index (χ0) is 18.8. The fraction of sp³-hybridized carbons (Fsp3) is 0.200. The lowest BCUT2D eigenvalue weighted by Crippen LogP contribution is -2.16. The van der Waals surface area contributed by atoms with Crippen molar-refractivity contribution < 1.29 is 14.3 Å². The summed E-state index contributed by atoms with van der Waals surface area (Å²) in [5, 5.41) is 14.9. The number of rotatable bonds is 8. The Hall–Kier alpha value is -3.46. The van der Waals surface area contributed by atoms with Gasteiger partial charge in [-0.25, -0.2) is 0 Å². The van der Waals surface area contributed by atoms with Gasteiger partial charge in [-0.15, -0.1) is 0 Å². The summed E-state index contributed by atoms with van der Waals surface area (Å²) >= 11 is 0. The number of hydrogen-bond acceptors (Lipinski definition) is 5. The van der Waals surface area contributed by atoms with Gasteiger partial charge in [-0.2, -0.15) is 5.26 Å². The van der Waals surface area contributed by atoms with Crippen molar-refractivity contribution in [1.29, 1.82) is 5.26 Å². The van der Waals surface area contributed by atoms with E-state index < -0.39 is 5.91 Å². The predicted octanol–water partition coefficient (Wildman–Crippen LogP) is 3.23. The van der Waals surface area contributed by atoms with Crippen LogP contribution in [0.25, 0.3) is 0 Å². The first kappa shape index (κ1) is 18.9. The van der Waals surface area contributed by atoms with Crippen molar-refractivity contribution in [3.63, 3.8) is 0 Å². The van der Waals surface area contributed by atoms with Gasteiger partial charge in [0.25, 0.3) is 5.91 Å². The van der Waals surface area contributed by atoms with Gasteiger partial charge in [0.1, 0.15) is 23.1 Å². The summed E-state index contributed by atoms with van der Waals surface area (Å²) in [5.41, 5.74) is 1.55. The highest BCUT2D eigenvalue weighted by Gasteiger charge is 2.09. The molecule has 0 unspecified atom stereocenters. The first-order valence-electron chi connectivity index (χ1n) is 8.17. The van der Waals surface area contributed by atoms with Crippen molar-refractivity contribution in [2.24, 2.45) is 0 Å². The molecule has 0 aromatic heterocycles. The lowest BCUT2D eigenvalue weighted by atomic mass is 10.2. The predicted molar refractivity (Wildman–Crippen MR) is 99.8 cm³/mol. The molecule has 0 heterocycles. The summed E-state index contributed by atoms with van der Waals surface area (Å²) in [6.07, 6.45) is 1.41. The number of carbonyl (C=O) groups excluding carboxylic acids is 1. The van der Waals surface area contributed by atoms with Crippen LogP contribution >= 0.6 is 0 Å². The molecular formula is C20H21N3O3. The molecule has 2 aromatic carbocycles. The van der Waals surface area contributed by atoms with Crippen LogP contribution in [0.1, 0.15) is 12.5 Å². The number of benzene rings is 2. The van der Waals surface area contributed by atoms with Gasteiger partial charge < -0.3 is 20.1 Å². The Labute approximate surface area is 153 Å². The molecule has 2 N–H and O–H groups in total. The van der Waals surface area contributed by atoms with Gasteiger partial charge in [0.15, 0.2) is 0 Å². The Kier molecular flexibility index (Phi) is 7.07. The molecule has 0 saturated carbocycles. The number of carbonyl (C=O) groups is 1. The van der Waals surface area contributed by atoms with Gasteiger partial charge in [-0.05, 0) is 48.9 Å². The Morgan fingerprint density at radius 1 is 1.19 bits per heavy atom. The number of nitriles is 1. The van der Waals surface area contributed by atoms with E-state index >= 15 is 0 Å². The quantitative estimate of drug-likeness (QED) is 0.563. The second-order valence-corrected chi connectivity index (χ2v) is 5.31. The van der Waals surface area contributed by atoms with Crippen LogP contribution in [0.15, 0.2) is 60.3 Å². The average Bonchev–Trinajstić information content (AvgIpc) is 2.67. The Morgan fingerprint density at radius 3 is 2.62 bits per heavy atom. The maximum absolute atomic E-state index is 12.2. The summed E-state index contributed by atoms with van der Waals surface area (Å²) in [4.78, 5) is 12.2. The van der Waals surface area contributed by atoms with Crippen LogP contribution in [0, 0.1) is 11.3 Å². The molecule has 2 rings (SSSR count). The van der Waals surface area contributed by atoms with Crippen LogP contribution in [-0.2, 0) is 11.3 Å².